The maximum Gasteiger partial charge on any atom is 0.294 e. The van der Waals surface area contributed by atoms with Crippen LogP contribution in [0.25, 0.3) is 0 Å². The number of rotatable bonds is 15. The lowest BCUT2D eigenvalue weighted by Crippen LogP contribution is -2.40. The number of hydrogen-bond donors (Lipinski definition) is 1. The number of aryl methyl sites for hydroxylation is 1. The van der Waals surface area contributed by atoms with Crippen molar-refractivity contribution in [2.45, 2.75) is 46.1 Å². The van der Waals surface area contributed by atoms with Crippen LogP contribution in [0.5, 0.6) is 0 Å². The van der Waals surface area contributed by atoms with Gasteiger partial charge < -0.3 is 24.0 Å². The van der Waals surface area contributed by atoms with E-state index in [1.54, 1.807) is 41.3 Å². The summed E-state index contributed by atoms with van der Waals surface area (Å²) in [5.41, 5.74) is 4.61. The Hall–Kier alpha value is -4.85. The summed E-state index contributed by atoms with van der Waals surface area (Å²) in [6.45, 7) is 6.10. The van der Waals surface area contributed by atoms with Crippen molar-refractivity contribution >= 4 is 30.0 Å². The molecule has 3 rings (SSSR count). The first-order valence-corrected chi connectivity index (χ1v) is 14.2. The molecule has 14 heteroatoms. The molecule has 0 saturated heterocycles. The highest BCUT2D eigenvalue weighted by Crippen LogP contribution is 2.23. The zero-order valence-electron chi connectivity index (χ0n) is 24.2. The predicted octanol–water partition coefficient (Wildman–Crippen LogP) is 5.55. The molecule has 0 radical (unpaired) electrons. The Kier molecular flexibility index (Phi) is 14.3. The maximum absolute atomic E-state index is 13.1. The van der Waals surface area contributed by atoms with Gasteiger partial charge in [-0.05, 0) is 61.7 Å². The summed E-state index contributed by atoms with van der Waals surface area (Å²) in [4.78, 5) is 54.5. The van der Waals surface area contributed by atoms with E-state index < -0.39 is 16.3 Å². The second kappa shape index (κ2) is 17.9. The smallest absolute Gasteiger partial charge is 0.294 e. The highest BCUT2D eigenvalue weighted by atomic mass is 32.2. The van der Waals surface area contributed by atoms with Gasteiger partial charge in [0, 0.05) is 23.5 Å². The lowest BCUT2D eigenvalue weighted by molar-refractivity contribution is -0.763. The van der Waals surface area contributed by atoms with Gasteiger partial charge in [0.05, 0.1) is 6.54 Å². The summed E-state index contributed by atoms with van der Waals surface area (Å²) in [6.07, 6.45) is 1.29. The lowest BCUT2D eigenvalue weighted by atomic mass is 10.1. The Morgan fingerprint density at radius 3 is 1.86 bits per heavy atom. The average molecular weight is 615 g/mol. The van der Waals surface area contributed by atoms with Crippen molar-refractivity contribution in [1.82, 2.24) is 4.90 Å². The third-order valence-electron chi connectivity index (χ3n) is 5.96. The number of ether oxygens (including phenoxy) is 1. The van der Waals surface area contributed by atoms with Crippen LogP contribution in [-0.2, 0) is 32.4 Å². The van der Waals surface area contributed by atoms with Crippen LogP contribution in [-0.4, -0.2) is 46.3 Å². The fraction of sp³-hybridized carbons (Fsp3) is 0.310. The Morgan fingerprint density at radius 1 is 0.907 bits per heavy atom. The summed E-state index contributed by atoms with van der Waals surface area (Å²) in [5, 5.41) is 18.5. The summed E-state index contributed by atoms with van der Waals surface area (Å²) >= 11 is 1.47. The molecule has 0 fully saturated rings. The van der Waals surface area contributed by atoms with Gasteiger partial charge in [-0.15, -0.1) is 20.2 Å². The fourth-order valence-corrected chi connectivity index (χ4v) is 4.10. The number of anilines is 1. The van der Waals surface area contributed by atoms with Crippen LogP contribution in [0.4, 0.5) is 5.69 Å². The number of carbonyl (C=O) groups excluding carboxylic acids is 2. The molecule has 0 heterocycles. The molecule has 1 amide bonds. The van der Waals surface area contributed by atoms with Gasteiger partial charge in [0.2, 0.25) is 0 Å². The highest BCUT2D eigenvalue weighted by molar-refractivity contribution is 7.99. The summed E-state index contributed by atoms with van der Waals surface area (Å²) in [5.74, 6) is -0.239. The van der Waals surface area contributed by atoms with Crippen molar-refractivity contribution in [3.05, 3.63) is 121 Å². The van der Waals surface area contributed by atoms with E-state index >= 15 is 0 Å². The van der Waals surface area contributed by atoms with Crippen molar-refractivity contribution in [1.29, 1.82) is 0 Å². The molecule has 0 saturated carbocycles. The van der Waals surface area contributed by atoms with Crippen LogP contribution < -0.4 is 4.72 Å². The number of amides is 1. The van der Waals surface area contributed by atoms with Crippen LogP contribution in [0.2, 0.25) is 0 Å². The third-order valence-corrected chi connectivity index (χ3v) is 6.40. The van der Waals surface area contributed by atoms with Gasteiger partial charge in [-0.2, -0.15) is 0 Å². The third kappa shape index (κ3) is 12.3. The molecule has 13 nitrogen and oxygen atoms in total. The number of nitrogens with zero attached hydrogens (tertiary/aromatic N) is 3. The second-order valence-electron chi connectivity index (χ2n) is 9.38. The number of carbonyl (C=O) groups is 2. The Labute approximate surface area is 253 Å². The van der Waals surface area contributed by atoms with Gasteiger partial charge in [0.15, 0.2) is 0 Å². The van der Waals surface area contributed by atoms with E-state index in [0.29, 0.717) is 17.6 Å². The number of hydrogen-bond acceptors (Lipinski definition) is 11. The number of nitrogens with one attached hydrogen (secondary N) is 1. The molecule has 0 aliphatic heterocycles. The molecule has 0 spiro atoms. The molecule has 3 aromatic carbocycles. The van der Waals surface area contributed by atoms with Gasteiger partial charge in [0.1, 0.15) is 19.3 Å². The summed E-state index contributed by atoms with van der Waals surface area (Å²) < 4.78 is 8.41. The minimum absolute atomic E-state index is 0.0211. The molecule has 1 N–H and O–H groups in total. The lowest BCUT2D eigenvalue weighted by Gasteiger charge is -2.30. The van der Waals surface area contributed by atoms with E-state index in [4.69, 9.17) is 4.74 Å². The normalized spacial score (nSPS) is 10.9. The van der Waals surface area contributed by atoms with Crippen molar-refractivity contribution < 1.29 is 34.2 Å². The maximum atomic E-state index is 13.1. The van der Waals surface area contributed by atoms with E-state index in [9.17, 15) is 29.8 Å². The van der Waals surface area contributed by atoms with Gasteiger partial charge in [-0.3, -0.25) is 9.59 Å². The van der Waals surface area contributed by atoms with Crippen molar-refractivity contribution in [3.8, 4) is 0 Å². The Bertz CT molecular complexity index is 1320. The van der Waals surface area contributed by atoms with Crippen LogP contribution in [0.15, 0.2) is 72.8 Å². The first kappa shape index (κ1) is 34.4. The van der Waals surface area contributed by atoms with E-state index in [1.807, 2.05) is 63.4 Å². The molecule has 0 aliphatic carbocycles. The van der Waals surface area contributed by atoms with Crippen LogP contribution >= 0.6 is 11.9 Å². The minimum Gasteiger partial charge on any atom is -0.458 e. The van der Waals surface area contributed by atoms with E-state index in [2.05, 4.69) is 14.4 Å². The number of benzene rings is 3. The molecule has 1 unspecified atom stereocenters. The quantitative estimate of drug-likeness (QED) is 0.0987. The topological polar surface area (TPSA) is 163 Å². The fourth-order valence-electron chi connectivity index (χ4n) is 3.73. The van der Waals surface area contributed by atoms with Crippen LogP contribution in [0.1, 0.15) is 52.6 Å². The minimum atomic E-state index is -0.865. The van der Waals surface area contributed by atoms with E-state index in [-0.39, 0.29) is 31.7 Å². The van der Waals surface area contributed by atoms with Gasteiger partial charge in [-0.1, -0.05) is 66.0 Å². The van der Waals surface area contributed by atoms with Gasteiger partial charge >= 0.3 is 0 Å². The second-order valence-corrected chi connectivity index (χ2v) is 9.99. The molecule has 3 aromatic rings. The highest BCUT2D eigenvalue weighted by Gasteiger charge is 2.25. The zero-order valence-corrected chi connectivity index (χ0v) is 25.0. The van der Waals surface area contributed by atoms with E-state index in [0.717, 1.165) is 22.4 Å². The SMILES string of the molecule is CSNc1ccc(C(CN(C(=O)c2ccc(CO[N+](=O)[O-])cc2)C(C)C)OC=O)cc1.Cc1ccc(CO[N+](=O)[O-])cc1. The standard InChI is InChI=1S/C21H25N3O6S.C8H9NO3/c1-15(2)23(21(26)18-6-4-16(5-7-18)13-30-24(27)28)12-20(29-14-25)17-8-10-19(11-9-17)22-31-3;1-7-2-4-8(5-3-7)6-12-9(10)11/h4-11,14-15,20,22H,12-13H2,1-3H3;2-5H,6H2,1H3. The molecule has 230 valence electrons. The Balaban J connectivity index is 0.000000448. The molecule has 0 aromatic heterocycles. The van der Waals surface area contributed by atoms with Crippen molar-refractivity contribution in [3.63, 3.8) is 0 Å². The molecule has 0 bridgehead atoms. The van der Waals surface area contributed by atoms with Crippen molar-refractivity contribution in [2.24, 2.45) is 0 Å². The average Bonchev–Trinajstić information content (AvgIpc) is 2.98. The van der Waals surface area contributed by atoms with Gasteiger partial charge in [0.25, 0.3) is 22.6 Å². The van der Waals surface area contributed by atoms with Crippen LogP contribution in [0, 0.1) is 27.2 Å². The van der Waals surface area contributed by atoms with Crippen molar-refractivity contribution in [2.75, 3.05) is 17.5 Å². The molecule has 43 heavy (non-hydrogen) atoms. The predicted molar refractivity (Wildman–Crippen MR) is 161 cm³/mol. The Morgan fingerprint density at radius 2 is 1.42 bits per heavy atom. The first-order chi connectivity index (χ1) is 20.5. The molecular formula is C29H34N4O9S. The summed E-state index contributed by atoms with van der Waals surface area (Å²) in [6, 6.07) is 21.1. The summed E-state index contributed by atoms with van der Waals surface area (Å²) in [7, 11) is 0. The molecular weight excluding hydrogens is 580 g/mol. The van der Waals surface area contributed by atoms with Crippen LogP contribution in [0.3, 0.4) is 0 Å². The van der Waals surface area contributed by atoms with E-state index in [1.165, 1.54) is 11.9 Å². The molecule has 0 aliphatic rings. The zero-order chi connectivity index (χ0) is 31.8. The van der Waals surface area contributed by atoms with Gasteiger partial charge in [-0.25, -0.2) is 0 Å². The largest absolute Gasteiger partial charge is 0.458 e. The molecule has 1 atom stereocenters. The monoisotopic (exact) mass is 614 g/mol. The first-order valence-electron chi connectivity index (χ1n) is 13.0.